The first-order valence-electron chi connectivity index (χ1n) is 37.3. The van der Waals surface area contributed by atoms with Crippen LogP contribution in [-0.2, 0) is 92.4 Å². The number of amides is 3. The van der Waals surface area contributed by atoms with E-state index in [9.17, 15) is 48.6 Å². The maximum Gasteiger partial charge on any atom is 0.329 e. The number of nitrogens with zero attached hydrogens (tertiary/aromatic N) is 2. The van der Waals surface area contributed by atoms with Crippen LogP contribution in [0.1, 0.15) is 174 Å². The van der Waals surface area contributed by atoms with Crippen LogP contribution in [0.5, 0.6) is 0 Å². The molecule has 2 saturated heterocycles. The van der Waals surface area contributed by atoms with Crippen molar-refractivity contribution in [1.82, 2.24) is 10.4 Å². The van der Waals surface area contributed by atoms with E-state index in [1.807, 2.05) is 99.7 Å². The zero-order valence-corrected chi connectivity index (χ0v) is 62.7. The van der Waals surface area contributed by atoms with E-state index >= 15 is 0 Å². The van der Waals surface area contributed by atoms with Crippen molar-refractivity contribution in [3.05, 3.63) is 113 Å². The lowest BCUT2D eigenvalue weighted by atomic mass is 9.78. The summed E-state index contributed by atoms with van der Waals surface area (Å²) < 4.78 is 52.8. The average Bonchev–Trinajstić information content (AvgIpc) is 0.776. The standard InChI is InChI=1S/C81H113N3O20/c1-53-22-12-11-13-23-54(2)69(95-8)50-64-35-31-59(7)81(94,104-64)78(91)79(92)83-38-21-20-28-66(83)80(93)103-70(51-67(85)55(3)47-58(6)76(90)77(97-10)75(89)57(5)46-53)56(4)48-60-32-36-68(71(49-60)96-9)102-74(88)37-39-98-40-41-99-42-43-100-44-45-101-82-72(86)29-18-19-30-73(87)84-52-63-26-15-14-24-61(63)33-34-62-25-16-17-27-65(62)84/h11-17,22-27,47,53,55-57,59-60,64,66,68-71,76-77,90,94H,18-21,28-32,35-46,48-52H2,1-10H3,(H,82,86)/b13-11+,22-12+,54-23+,58-47+/t53-,55-,56-,57-,59-,60+,64+,66+,68-,69+,70+,71-,76-,77+,81-/m1/s1. The number of cyclic esters (lactones) is 1. The van der Waals surface area contributed by atoms with Crippen molar-refractivity contribution in [2.24, 2.45) is 35.5 Å². The van der Waals surface area contributed by atoms with Crippen molar-refractivity contribution in [2.45, 2.75) is 219 Å². The number of carbonyl (C=O) groups is 8. The highest BCUT2D eigenvalue weighted by Crippen LogP contribution is 2.39. The molecule has 7 rings (SSSR count). The van der Waals surface area contributed by atoms with Gasteiger partial charge in [-0.2, -0.15) is 0 Å². The van der Waals surface area contributed by atoms with Gasteiger partial charge in [-0.1, -0.05) is 113 Å². The minimum absolute atomic E-state index is 0.000426. The second-order valence-electron chi connectivity index (χ2n) is 28.6. The Hall–Kier alpha value is -7.08. The maximum atomic E-state index is 14.7. The molecule has 104 heavy (non-hydrogen) atoms. The van der Waals surface area contributed by atoms with Gasteiger partial charge < -0.3 is 62.6 Å². The van der Waals surface area contributed by atoms with Crippen molar-refractivity contribution >= 4 is 52.7 Å². The van der Waals surface area contributed by atoms with Gasteiger partial charge in [-0.05, 0) is 144 Å². The van der Waals surface area contributed by atoms with E-state index in [0.717, 1.165) is 28.0 Å². The summed E-state index contributed by atoms with van der Waals surface area (Å²) in [6.07, 6.45) is 11.6. The van der Waals surface area contributed by atoms with E-state index < -0.39 is 102 Å². The summed E-state index contributed by atoms with van der Waals surface area (Å²) in [6, 6.07) is 14.2. The lowest BCUT2D eigenvalue weighted by molar-refractivity contribution is -0.265. The predicted octanol–water partition coefficient (Wildman–Crippen LogP) is 9.73. The predicted molar refractivity (Wildman–Crippen MR) is 389 cm³/mol. The van der Waals surface area contributed by atoms with E-state index in [2.05, 4.69) is 17.3 Å². The normalized spacial score (nSPS) is 29.8. The first-order chi connectivity index (χ1) is 50.0. The van der Waals surface area contributed by atoms with Crippen LogP contribution < -0.4 is 10.4 Å². The van der Waals surface area contributed by atoms with Gasteiger partial charge in [0.05, 0.1) is 83.2 Å². The number of allylic oxidation sites excluding steroid dienone is 6. The molecule has 23 nitrogen and oxygen atoms in total. The second-order valence-corrected chi connectivity index (χ2v) is 28.6. The monoisotopic (exact) mass is 1450 g/mol. The molecule has 2 aromatic carbocycles. The molecule has 1 aliphatic carbocycles. The van der Waals surface area contributed by atoms with Gasteiger partial charge in [0.1, 0.15) is 36.2 Å². The third-order valence-electron chi connectivity index (χ3n) is 20.7. The summed E-state index contributed by atoms with van der Waals surface area (Å²) in [7, 11) is 4.49. The van der Waals surface area contributed by atoms with Crippen molar-refractivity contribution < 1.29 is 96.0 Å². The molecule has 3 amide bonds. The Labute approximate surface area is 614 Å². The molecule has 2 bridgehead atoms. The molecule has 1 saturated carbocycles. The number of carbonyl (C=O) groups excluding carboxylic acids is 8. The van der Waals surface area contributed by atoms with Gasteiger partial charge in [0.2, 0.25) is 17.6 Å². The number of para-hydroxylation sites is 1. The van der Waals surface area contributed by atoms with Gasteiger partial charge in [0, 0.05) is 82.4 Å². The highest BCUT2D eigenvalue weighted by molar-refractivity contribution is 6.39. The summed E-state index contributed by atoms with van der Waals surface area (Å²) in [6.45, 7) is 14.5. The molecule has 0 radical (unpaired) electrons. The van der Waals surface area contributed by atoms with Gasteiger partial charge in [-0.3, -0.25) is 38.4 Å². The second kappa shape index (κ2) is 42.9. The summed E-state index contributed by atoms with van der Waals surface area (Å²) in [5.74, 6) is -2.98. The van der Waals surface area contributed by atoms with E-state index in [0.29, 0.717) is 82.7 Å². The number of methoxy groups -OCH3 is 3. The fourth-order valence-electron chi connectivity index (χ4n) is 14.3. The SMILES string of the molecule is CO[C@H]1C[C@@H]2CC[C@@H](C)[C@@](O)(O2)C(=O)C(=O)N2CCCC[C@H]2C(=O)O[C@H]([C@H](C)C[C@@H]2CC[C@@H](OC(=O)CCOCCOCCOCCONC(=O)CCCCC(=O)N3Cc4ccccc4C#Cc4ccccc43)[C@H](OC)C2)CC(=O)[C@H](C)/C=C(\C)[C@@H](O)[C@@H](OC)C(=O)[C@H](C)C[C@H](C)/C=C/C=C/C=C/1C. The minimum atomic E-state index is -2.48. The number of Topliss-reactive ketones (excluding diaryl/α,β-unsaturated/α-hetero) is 3. The van der Waals surface area contributed by atoms with Crippen LogP contribution in [0.4, 0.5) is 5.69 Å². The molecule has 572 valence electrons. The molecule has 0 aromatic heterocycles. The Morgan fingerprint density at radius 2 is 1.42 bits per heavy atom. The number of ketones is 3. The lowest BCUT2D eigenvalue weighted by Crippen LogP contribution is -2.61. The number of aliphatic hydroxyl groups is 2. The highest BCUT2D eigenvalue weighted by Gasteiger charge is 2.53. The number of nitrogens with one attached hydrogen (secondary N) is 1. The molecule has 5 aliphatic rings. The number of aliphatic hydroxyl groups excluding tert-OH is 1. The van der Waals surface area contributed by atoms with Gasteiger partial charge in [-0.15, -0.1) is 0 Å². The third kappa shape index (κ3) is 25.0. The number of fused-ring (bicyclic) bond motifs is 5. The number of anilines is 1. The van der Waals surface area contributed by atoms with Crippen LogP contribution in [-0.4, -0.2) is 191 Å². The van der Waals surface area contributed by atoms with E-state index in [1.54, 1.807) is 52.9 Å². The maximum absolute atomic E-state index is 14.7. The van der Waals surface area contributed by atoms with Crippen LogP contribution >= 0.6 is 0 Å². The number of hydroxylamine groups is 1. The molecule has 3 fully saturated rings. The number of benzene rings is 2. The highest BCUT2D eigenvalue weighted by atomic mass is 16.7. The van der Waals surface area contributed by atoms with Crippen LogP contribution in [0.25, 0.3) is 0 Å². The summed E-state index contributed by atoms with van der Waals surface area (Å²) in [5.41, 5.74) is 7.07. The minimum Gasteiger partial charge on any atom is -0.460 e. The smallest absolute Gasteiger partial charge is 0.329 e. The number of unbranched alkanes of at least 4 members (excludes halogenated alkanes) is 1. The van der Waals surface area contributed by atoms with Crippen LogP contribution in [0.3, 0.4) is 0 Å². The van der Waals surface area contributed by atoms with E-state index in [1.165, 1.54) is 12.0 Å². The summed E-state index contributed by atoms with van der Waals surface area (Å²) in [5, 5.41) is 23.7. The zero-order valence-electron chi connectivity index (χ0n) is 62.7. The molecule has 23 heteroatoms. The molecule has 0 unspecified atom stereocenters. The van der Waals surface area contributed by atoms with E-state index in [-0.39, 0.29) is 127 Å². The Bertz CT molecular complexity index is 3370. The number of rotatable bonds is 25. The number of piperidine rings is 1. The molecule has 4 aliphatic heterocycles. The fourth-order valence-corrected chi connectivity index (χ4v) is 14.3. The topological polar surface area (TPSA) is 288 Å². The Balaban J connectivity index is 0.856. The molecule has 4 heterocycles. The number of ether oxygens (including phenoxy) is 9. The van der Waals surface area contributed by atoms with Crippen molar-refractivity contribution in [1.29, 1.82) is 0 Å². The molecule has 15 atom stereocenters. The lowest BCUT2D eigenvalue weighted by Gasteiger charge is -2.42. The van der Waals surface area contributed by atoms with Crippen LogP contribution in [0.15, 0.2) is 96.1 Å². The third-order valence-corrected chi connectivity index (χ3v) is 20.7. The molecular formula is C81H113N3O20. The first kappa shape index (κ1) is 84.2. The summed E-state index contributed by atoms with van der Waals surface area (Å²) in [4.78, 5) is 119. The van der Waals surface area contributed by atoms with Crippen molar-refractivity contribution in [3.8, 4) is 11.8 Å². The number of esters is 2. The fraction of sp³-hybridized carbons (Fsp3) is 0.630. The van der Waals surface area contributed by atoms with Crippen LogP contribution in [0.2, 0.25) is 0 Å². The Kier molecular flexibility index (Phi) is 34.7. The molecule has 2 aromatic rings. The van der Waals surface area contributed by atoms with Crippen molar-refractivity contribution in [2.75, 3.05) is 79.0 Å². The largest absolute Gasteiger partial charge is 0.460 e. The van der Waals surface area contributed by atoms with E-state index in [4.69, 9.17) is 47.5 Å². The van der Waals surface area contributed by atoms with Gasteiger partial charge in [0.25, 0.3) is 11.7 Å². The molecular weight excluding hydrogens is 1330 g/mol. The van der Waals surface area contributed by atoms with Crippen LogP contribution in [0, 0.1) is 47.3 Å². The first-order valence-corrected chi connectivity index (χ1v) is 37.3. The van der Waals surface area contributed by atoms with Gasteiger partial charge >= 0.3 is 11.9 Å². The quantitative estimate of drug-likeness (QED) is 0.0208. The summed E-state index contributed by atoms with van der Waals surface area (Å²) >= 11 is 0. The van der Waals surface area contributed by atoms with Crippen molar-refractivity contribution in [3.63, 3.8) is 0 Å². The molecule has 3 N–H and O–H groups in total. The Morgan fingerprint density at radius 3 is 2.15 bits per heavy atom. The van der Waals surface area contributed by atoms with Gasteiger partial charge in [0.15, 0.2) is 5.78 Å². The Morgan fingerprint density at radius 1 is 0.731 bits per heavy atom. The van der Waals surface area contributed by atoms with Gasteiger partial charge in [-0.25, -0.2) is 10.3 Å². The number of hydrogen-bond acceptors (Lipinski definition) is 20. The number of hydrogen-bond donors (Lipinski definition) is 3. The zero-order chi connectivity index (χ0) is 75.3. The average molecular weight is 1450 g/mol. The molecule has 0 spiro atoms.